The van der Waals surface area contributed by atoms with Crippen LogP contribution in [-0.4, -0.2) is 47.5 Å². The van der Waals surface area contributed by atoms with Gasteiger partial charge in [-0.2, -0.15) is 0 Å². The van der Waals surface area contributed by atoms with Crippen molar-refractivity contribution in [2.75, 3.05) is 32.4 Å². The molecule has 4 nitrogen and oxygen atoms in total. The van der Waals surface area contributed by atoms with Crippen molar-refractivity contribution in [3.63, 3.8) is 0 Å². The lowest BCUT2D eigenvalue weighted by Gasteiger charge is -2.26. The molecular weight excluding hydrogens is 404 g/mol. The van der Waals surface area contributed by atoms with Gasteiger partial charge in [-0.1, -0.05) is 42.8 Å². The van der Waals surface area contributed by atoms with Crippen molar-refractivity contribution in [1.29, 1.82) is 0 Å². The van der Waals surface area contributed by atoms with Crippen LogP contribution in [0.1, 0.15) is 42.4 Å². The van der Waals surface area contributed by atoms with E-state index in [4.69, 9.17) is 0 Å². The number of fused-ring (bicyclic) bond motifs is 1. The van der Waals surface area contributed by atoms with Crippen molar-refractivity contribution in [3.05, 3.63) is 71.3 Å². The van der Waals surface area contributed by atoms with Crippen molar-refractivity contribution in [1.82, 2.24) is 10.2 Å². The minimum atomic E-state index is -0.975. The highest BCUT2D eigenvalue weighted by Crippen LogP contribution is 2.37. The van der Waals surface area contributed by atoms with Crippen LogP contribution in [0.25, 0.3) is 17.2 Å². The van der Waals surface area contributed by atoms with E-state index >= 15 is 0 Å². The van der Waals surface area contributed by atoms with Gasteiger partial charge in [-0.3, -0.25) is 9.00 Å². The molecule has 0 spiro atoms. The predicted octanol–water partition coefficient (Wildman–Crippen LogP) is 4.35. The number of allylic oxidation sites excluding steroid dienone is 2. The zero-order chi connectivity index (χ0) is 21.6. The summed E-state index contributed by atoms with van der Waals surface area (Å²) in [7, 11) is -0.975. The normalized spacial score (nSPS) is 18.5. The number of amides is 1. The molecule has 0 saturated carbocycles. The van der Waals surface area contributed by atoms with Crippen molar-refractivity contribution >= 4 is 33.9 Å². The van der Waals surface area contributed by atoms with Gasteiger partial charge in [0, 0.05) is 35.0 Å². The van der Waals surface area contributed by atoms with Crippen LogP contribution in [0.5, 0.6) is 0 Å². The van der Waals surface area contributed by atoms with Crippen LogP contribution in [0.4, 0.5) is 0 Å². The summed E-state index contributed by atoms with van der Waals surface area (Å²) in [6.07, 6.45) is 10.2. The van der Waals surface area contributed by atoms with Gasteiger partial charge in [-0.05, 0) is 78.1 Å². The van der Waals surface area contributed by atoms with Crippen LogP contribution in [0, 0.1) is 0 Å². The Labute approximate surface area is 187 Å². The molecule has 1 atom stereocenters. The van der Waals surface area contributed by atoms with Crippen molar-refractivity contribution in [3.8, 4) is 0 Å². The molecule has 1 heterocycles. The summed E-state index contributed by atoms with van der Waals surface area (Å²) >= 11 is 0. The summed E-state index contributed by atoms with van der Waals surface area (Å²) in [4.78, 5) is 15.9. The van der Waals surface area contributed by atoms with E-state index in [0.717, 1.165) is 52.4 Å². The van der Waals surface area contributed by atoms with Crippen molar-refractivity contribution in [2.24, 2.45) is 0 Å². The van der Waals surface area contributed by atoms with E-state index in [1.54, 1.807) is 6.26 Å². The third kappa shape index (κ3) is 5.60. The Kier molecular flexibility index (Phi) is 7.15. The summed E-state index contributed by atoms with van der Waals surface area (Å²) in [5, 5.41) is 3.10. The van der Waals surface area contributed by atoms with E-state index in [0.29, 0.717) is 13.0 Å². The molecule has 4 rings (SSSR count). The van der Waals surface area contributed by atoms with E-state index in [1.807, 2.05) is 36.4 Å². The number of carbonyl (C=O) groups excluding carboxylic acids is 1. The summed E-state index contributed by atoms with van der Waals surface area (Å²) in [5.74, 6) is 0.0779. The van der Waals surface area contributed by atoms with Gasteiger partial charge in [0.2, 0.25) is 5.91 Å². The van der Waals surface area contributed by atoms with Gasteiger partial charge < -0.3 is 10.2 Å². The number of benzene rings is 2. The number of hydrogen-bond donors (Lipinski definition) is 1. The molecule has 2 aromatic carbocycles. The number of nitrogens with one attached hydrogen (secondary N) is 1. The molecule has 1 unspecified atom stereocenters. The van der Waals surface area contributed by atoms with Crippen LogP contribution < -0.4 is 5.32 Å². The molecule has 1 saturated heterocycles. The van der Waals surface area contributed by atoms with Gasteiger partial charge in [-0.25, -0.2) is 0 Å². The number of hydrogen-bond acceptors (Lipinski definition) is 3. The molecule has 1 fully saturated rings. The monoisotopic (exact) mass is 434 g/mol. The Hall–Kier alpha value is -2.50. The standard InChI is InChI=1S/C26H30N2O2S/c1-31(30)23-11-9-20(10-12-23)17-21-18-22(25-8-4-3-7-24(21)25)19-26(29)27-13-16-28-14-5-2-6-15-28/h3-4,7-12,17-18H,2,5-6,13-16,19H2,1H3,(H,27,29). The largest absolute Gasteiger partial charge is 0.355 e. The molecule has 31 heavy (non-hydrogen) atoms. The number of carbonyl (C=O) groups is 1. The maximum atomic E-state index is 12.6. The van der Waals surface area contributed by atoms with E-state index in [2.05, 4.69) is 34.5 Å². The summed E-state index contributed by atoms with van der Waals surface area (Å²) in [6.45, 7) is 3.95. The Morgan fingerprint density at radius 2 is 1.74 bits per heavy atom. The maximum Gasteiger partial charge on any atom is 0.224 e. The quantitative estimate of drug-likeness (QED) is 0.705. The Morgan fingerprint density at radius 1 is 1.03 bits per heavy atom. The van der Waals surface area contributed by atoms with Crippen LogP contribution in [0.15, 0.2) is 59.5 Å². The second-order valence-corrected chi connectivity index (χ2v) is 9.65. The molecule has 1 aliphatic heterocycles. The topological polar surface area (TPSA) is 49.4 Å². The molecule has 2 aliphatic rings. The molecule has 2 aromatic rings. The molecule has 1 aliphatic carbocycles. The zero-order valence-electron chi connectivity index (χ0n) is 18.1. The third-order valence-corrected chi connectivity index (χ3v) is 6.93. The highest BCUT2D eigenvalue weighted by Gasteiger charge is 2.20. The van der Waals surface area contributed by atoms with Gasteiger partial charge in [0.1, 0.15) is 0 Å². The fraction of sp³-hybridized carbons (Fsp3) is 0.346. The van der Waals surface area contributed by atoms with E-state index in [-0.39, 0.29) is 5.91 Å². The van der Waals surface area contributed by atoms with Crippen molar-refractivity contribution in [2.45, 2.75) is 30.6 Å². The van der Waals surface area contributed by atoms with Gasteiger partial charge >= 0.3 is 0 Å². The number of rotatable bonds is 7. The first-order valence-corrected chi connectivity index (χ1v) is 12.6. The van der Waals surface area contributed by atoms with Gasteiger partial charge in [0.15, 0.2) is 0 Å². The fourth-order valence-electron chi connectivity index (χ4n) is 4.33. The molecule has 0 radical (unpaired) electrons. The molecule has 1 N–H and O–H groups in total. The minimum Gasteiger partial charge on any atom is -0.355 e. The summed E-state index contributed by atoms with van der Waals surface area (Å²) in [5.41, 5.74) is 5.51. The molecule has 5 heteroatoms. The lowest BCUT2D eigenvalue weighted by molar-refractivity contribution is -0.120. The molecule has 0 bridgehead atoms. The fourth-order valence-corrected chi connectivity index (χ4v) is 4.85. The van der Waals surface area contributed by atoms with Gasteiger partial charge in [-0.15, -0.1) is 0 Å². The third-order valence-electron chi connectivity index (χ3n) is 6.00. The zero-order valence-corrected chi connectivity index (χ0v) is 18.9. The average Bonchev–Trinajstić information content (AvgIpc) is 3.12. The number of likely N-dealkylation sites (tertiary alicyclic amines) is 1. The van der Waals surface area contributed by atoms with Crippen LogP contribution in [0.2, 0.25) is 0 Å². The lowest BCUT2D eigenvalue weighted by atomic mass is 10.0. The molecule has 0 aromatic heterocycles. The molecule has 1 amide bonds. The number of nitrogens with zero attached hydrogens (tertiary/aromatic N) is 1. The maximum absolute atomic E-state index is 12.6. The highest BCUT2D eigenvalue weighted by atomic mass is 32.2. The van der Waals surface area contributed by atoms with Crippen LogP contribution >= 0.6 is 0 Å². The minimum absolute atomic E-state index is 0.0779. The van der Waals surface area contributed by atoms with Crippen LogP contribution in [0.3, 0.4) is 0 Å². The van der Waals surface area contributed by atoms with E-state index in [1.165, 1.54) is 19.3 Å². The van der Waals surface area contributed by atoms with Gasteiger partial charge in [0.25, 0.3) is 0 Å². The first kappa shape index (κ1) is 21.7. The van der Waals surface area contributed by atoms with Crippen LogP contribution in [-0.2, 0) is 15.6 Å². The Balaban J connectivity index is 1.43. The molecule has 162 valence electrons. The Morgan fingerprint density at radius 3 is 2.45 bits per heavy atom. The summed E-state index contributed by atoms with van der Waals surface area (Å²) < 4.78 is 11.6. The smallest absolute Gasteiger partial charge is 0.224 e. The Bertz CT molecular complexity index is 1020. The number of piperidine rings is 1. The highest BCUT2D eigenvalue weighted by molar-refractivity contribution is 7.84. The van der Waals surface area contributed by atoms with E-state index in [9.17, 15) is 9.00 Å². The SMILES string of the molecule is CS(=O)c1ccc(C=C2C=C(CC(=O)NCCN3CCCCC3)c3ccccc32)cc1. The second kappa shape index (κ2) is 10.2. The molecular formula is C26H30N2O2S. The second-order valence-electron chi connectivity index (χ2n) is 8.27. The van der Waals surface area contributed by atoms with Crippen molar-refractivity contribution < 1.29 is 9.00 Å². The summed E-state index contributed by atoms with van der Waals surface area (Å²) in [6, 6.07) is 16.0. The first-order valence-electron chi connectivity index (χ1n) is 11.0. The average molecular weight is 435 g/mol. The predicted molar refractivity (Wildman–Crippen MR) is 129 cm³/mol. The first-order chi connectivity index (χ1) is 15.1. The van der Waals surface area contributed by atoms with E-state index < -0.39 is 10.8 Å². The lowest BCUT2D eigenvalue weighted by Crippen LogP contribution is -2.37. The van der Waals surface area contributed by atoms with Gasteiger partial charge in [0.05, 0.1) is 6.42 Å².